The third-order valence-corrected chi connectivity index (χ3v) is 4.08. The Morgan fingerprint density at radius 3 is 2.11 bits per heavy atom. The molecule has 0 N–H and O–H groups in total. The summed E-state index contributed by atoms with van der Waals surface area (Å²) in [6, 6.07) is 19.7. The summed E-state index contributed by atoms with van der Waals surface area (Å²) in [6.45, 7) is 0.673. The highest BCUT2D eigenvalue weighted by molar-refractivity contribution is 6.23. The van der Waals surface area contributed by atoms with Crippen LogP contribution < -0.4 is 0 Å². The molecule has 1 radical (unpaired) electrons. The molecule has 0 amide bonds. The van der Waals surface area contributed by atoms with Crippen LogP contribution in [-0.4, -0.2) is 10.5 Å². The zero-order chi connectivity index (χ0) is 12.8. The van der Waals surface area contributed by atoms with E-state index in [0.717, 1.165) is 0 Å². The van der Waals surface area contributed by atoms with Gasteiger partial charge in [-0.05, 0) is 37.9 Å². The van der Waals surface area contributed by atoms with Crippen LogP contribution in [0.1, 0.15) is 5.56 Å². The van der Waals surface area contributed by atoms with Crippen molar-refractivity contribution in [3.05, 3.63) is 60.2 Å². The number of benzene rings is 4. The van der Waals surface area contributed by atoms with Gasteiger partial charge in [-0.25, -0.2) is 0 Å². The second-order valence-corrected chi connectivity index (χ2v) is 5.34. The largest absolute Gasteiger partial charge is 0.421 e. The summed E-state index contributed by atoms with van der Waals surface area (Å²) >= 11 is 0. The lowest BCUT2D eigenvalue weighted by atomic mass is 9.92. The summed E-state index contributed by atoms with van der Waals surface area (Å²) in [5.74, 6) is 0. The van der Waals surface area contributed by atoms with E-state index in [1.54, 1.807) is 10.5 Å². The Kier molecular flexibility index (Phi) is 2.34. The SMILES string of the molecule is [SiH2]OCc1ccc2ccc3cccc4ccc1c2c34. The highest BCUT2D eigenvalue weighted by Crippen LogP contribution is 2.35. The zero-order valence-corrected chi connectivity index (χ0v) is 11.9. The molecular formula is C17H13OSi. The van der Waals surface area contributed by atoms with Crippen LogP contribution in [0.25, 0.3) is 32.3 Å². The highest BCUT2D eigenvalue weighted by Gasteiger charge is 2.09. The Hall–Kier alpha value is -1.90. The van der Waals surface area contributed by atoms with Crippen LogP contribution in [0.4, 0.5) is 0 Å². The van der Waals surface area contributed by atoms with Crippen molar-refractivity contribution < 1.29 is 4.43 Å². The average Bonchev–Trinajstić information content (AvgIpc) is 2.46. The molecule has 0 aromatic heterocycles. The summed E-state index contributed by atoms with van der Waals surface area (Å²) in [6.07, 6.45) is 0. The van der Waals surface area contributed by atoms with Gasteiger partial charge in [0.25, 0.3) is 0 Å². The van der Waals surface area contributed by atoms with Crippen LogP contribution in [0.5, 0.6) is 0 Å². The maximum absolute atomic E-state index is 5.35. The molecule has 0 heterocycles. The fourth-order valence-corrected chi connectivity index (χ4v) is 3.25. The van der Waals surface area contributed by atoms with E-state index in [0.29, 0.717) is 6.61 Å². The number of rotatable bonds is 2. The minimum Gasteiger partial charge on any atom is -0.421 e. The van der Waals surface area contributed by atoms with Gasteiger partial charge in [0.2, 0.25) is 0 Å². The van der Waals surface area contributed by atoms with Crippen molar-refractivity contribution in [2.45, 2.75) is 6.61 Å². The molecule has 0 saturated heterocycles. The van der Waals surface area contributed by atoms with Crippen LogP contribution in [0, 0.1) is 0 Å². The van der Waals surface area contributed by atoms with E-state index >= 15 is 0 Å². The number of hydrogen-bond acceptors (Lipinski definition) is 1. The first-order valence-corrected chi connectivity index (χ1v) is 6.98. The maximum Gasteiger partial charge on any atom is 0.175 e. The van der Waals surface area contributed by atoms with Crippen molar-refractivity contribution in [2.75, 3.05) is 0 Å². The summed E-state index contributed by atoms with van der Waals surface area (Å²) in [5, 5.41) is 7.99. The van der Waals surface area contributed by atoms with Gasteiger partial charge in [0.15, 0.2) is 10.5 Å². The van der Waals surface area contributed by atoms with E-state index in [2.05, 4.69) is 54.6 Å². The Bertz CT molecular complexity index is 866. The first-order chi connectivity index (χ1) is 9.38. The fourth-order valence-electron chi connectivity index (χ4n) is 3.03. The van der Waals surface area contributed by atoms with Crippen LogP contribution in [0.2, 0.25) is 0 Å². The first-order valence-electron chi connectivity index (χ1n) is 6.41. The minimum absolute atomic E-state index is 0.673. The van der Waals surface area contributed by atoms with E-state index in [1.165, 1.54) is 37.9 Å². The lowest BCUT2D eigenvalue weighted by Gasteiger charge is -2.13. The normalized spacial score (nSPS) is 11.8. The molecule has 4 aromatic carbocycles. The van der Waals surface area contributed by atoms with Crippen LogP contribution in [-0.2, 0) is 11.0 Å². The van der Waals surface area contributed by atoms with Gasteiger partial charge in [0.05, 0.1) is 6.61 Å². The smallest absolute Gasteiger partial charge is 0.175 e. The molecule has 1 nitrogen and oxygen atoms in total. The fraction of sp³-hybridized carbons (Fsp3) is 0.0588. The van der Waals surface area contributed by atoms with Crippen molar-refractivity contribution in [3.8, 4) is 0 Å². The van der Waals surface area contributed by atoms with Gasteiger partial charge in [0.1, 0.15) is 0 Å². The second-order valence-electron chi connectivity index (χ2n) is 4.93. The molecular weight excluding hydrogens is 248 g/mol. The molecule has 19 heavy (non-hydrogen) atoms. The Morgan fingerprint density at radius 2 is 1.37 bits per heavy atom. The van der Waals surface area contributed by atoms with Gasteiger partial charge in [-0.2, -0.15) is 0 Å². The molecule has 0 aliphatic rings. The van der Waals surface area contributed by atoms with E-state index in [9.17, 15) is 0 Å². The van der Waals surface area contributed by atoms with Crippen molar-refractivity contribution in [1.82, 2.24) is 0 Å². The molecule has 4 rings (SSSR count). The molecule has 0 saturated carbocycles. The van der Waals surface area contributed by atoms with Crippen LogP contribution in [0.15, 0.2) is 54.6 Å². The molecule has 0 atom stereocenters. The maximum atomic E-state index is 5.35. The number of hydrogen-bond donors (Lipinski definition) is 0. The van der Waals surface area contributed by atoms with E-state index in [-0.39, 0.29) is 0 Å². The standard InChI is InChI=1S/C17H13OSi/c19-18-10-14-7-6-13-5-4-11-2-1-3-12-8-9-15(14)17(13)16(11)12/h1-9H,10,19H2. The Balaban J connectivity index is 2.28. The molecule has 0 aliphatic heterocycles. The van der Waals surface area contributed by atoms with Crippen LogP contribution >= 0.6 is 0 Å². The van der Waals surface area contributed by atoms with Gasteiger partial charge >= 0.3 is 0 Å². The summed E-state index contributed by atoms with van der Waals surface area (Å²) in [5.41, 5.74) is 1.26. The lowest BCUT2D eigenvalue weighted by molar-refractivity contribution is 0.340. The van der Waals surface area contributed by atoms with Gasteiger partial charge in [-0.15, -0.1) is 0 Å². The van der Waals surface area contributed by atoms with E-state index in [1.807, 2.05) is 0 Å². The average molecular weight is 261 g/mol. The molecule has 0 unspecified atom stereocenters. The van der Waals surface area contributed by atoms with Crippen molar-refractivity contribution >= 4 is 42.8 Å². The second kappa shape index (κ2) is 4.05. The predicted octanol–water partition coefficient (Wildman–Crippen LogP) is 3.65. The van der Waals surface area contributed by atoms with Gasteiger partial charge in [0, 0.05) is 0 Å². The zero-order valence-electron chi connectivity index (χ0n) is 10.5. The predicted molar refractivity (Wildman–Crippen MR) is 83.5 cm³/mol. The minimum atomic E-state index is 0.673. The molecule has 0 aliphatic carbocycles. The highest BCUT2D eigenvalue weighted by atomic mass is 28.2. The summed E-state index contributed by atoms with van der Waals surface area (Å²) in [4.78, 5) is 0. The molecule has 2 heteroatoms. The van der Waals surface area contributed by atoms with Crippen LogP contribution in [0.3, 0.4) is 0 Å². The third kappa shape index (κ3) is 1.51. The lowest BCUT2D eigenvalue weighted by Crippen LogP contribution is -1.92. The third-order valence-electron chi connectivity index (χ3n) is 3.88. The van der Waals surface area contributed by atoms with Crippen molar-refractivity contribution in [1.29, 1.82) is 0 Å². The van der Waals surface area contributed by atoms with Gasteiger partial charge in [-0.3, -0.25) is 0 Å². The van der Waals surface area contributed by atoms with Gasteiger partial charge < -0.3 is 4.43 Å². The summed E-state index contributed by atoms with van der Waals surface area (Å²) < 4.78 is 5.35. The Morgan fingerprint density at radius 1 is 0.737 bits per heavy atom. The van der Waals surface area contributed by atoms with Crippen molar-refractivity contribution in [3.63, 3.8) is 0 Å². The quantitative estimate of drug-likeness (QED) is 0.395. The topological polar surface area (TPSA) is 9.23 Å². The summed E-state index contributed by atoms with van der Waals surface area (Å²) in [7, 11) is 1.55. The molecule has 0 spiro atoms. The molecule has 91 valence electrons. The molecule has 0 fully saturated rings. The van der Waals surface area contributed by atoms with E-state index in [4.69, 9.17) is 4.43 Å². The molecule has 0 bridgehead atoms. The van der Waals surface area contributed by atoms with Gasteiger partial charge in [-0.1, -0.05) is 54.6 Å². The van der Waals surface area contributed by atoms with Crippen molar-refractivity contribution in [2.24, 2.45) is 0 Å². The first kappa shape index (κ1) is 11.0. The monoisotopic (exact) mass is 261 g/mol. The molecule has 4 aromatic rings. The Labute approximate surface area is 114 Å². The van der Waals surface area contributed by atoms with E-state index < -0.39 is 0 Å².